The van der Waals surface area contributed by atoms with Gasteiger partial charge in [0.1, 0.15) is 5.75 Å². The number of benzene rings is 4. The predicted octanol–water partition coefficient (Wildman–Crippen LogP) is 8.14. The van der Waals surface area contributed by atoms with E-state index in [0.717, 1.165) is 24.5 Å². The average Bonchev–Trinajstić information content (AvgIpc) is 2.88. The van der Waals surface area contributed by atoms with Crippen LogP contribution in [-0.4, -0.2) is 12.6 Å². The maximum absolute atomic E-state index is 14.9. The fourth-order valence-corrected chi connectivity index (χ4v) is 3.67. The Labute approximate surface area is 208 Å². The Balaban J connectivity index is 1.47. The molecular formula is C30H25F3O3. The average molecular weight is 491 g/mol. The van der Waals surface area contributed by atoms with E-state index in [4.69, 9.17) is 9.47 Å². The van der Waals surface area contributed by atoms with Crippen LogP contribution in [0.25, 0.3) is 22.3 Å². The summed E-state index contributed by atoms with van der Waals surface area (Å²) in [6.45, 7) is 4.31. The molecule has 184 valence electrons. The number of aryl methyl sites for hydroxylation is 1. The van der Waals surface area contributed by atoms with E-state index < -0.39 is 23.4 Å². The molecule has 0 unspecified atom stereocenters. The lowest BCUT2D eigenvalue weighted by atomic mass is 9.98. The van der Waals surface area contributed by atoms with Crippen molar-refractivity contribution in [1.29, 1.82) is 0 Å². The molecule has 0 saturated carbocycles. The smallest absolute Gasteiger partial charge is 0.343 e. The molecule has 0 aliphatic carbocycles. The van der Waals surface area contributed by atoms with Crippen LogP contribution in [0.1, 0.15) is 35.7 Å². The number of carbonyl (C=O) groups excluding carboxylic acids is 1. The lowest BCUT2D eigenvalue weighted by Crippen LogP contribution is -2.09. The van der Waals surface area contributed by atoms with Crippen LogP contribution in [0.15, 0.2) is 78.9 Å². The summed E-state index contributed by atoms with van der Waals surface area (Å²) in [6.07, 6.45) is 1.72. The molecule has 4 rings (SSSR count). The molecule has 0 spiro atoms. The Bertz CT molecular complexity index is 1360. The first kappa shape index (κ1) is 25.0. The van der Waals surface area contributed by atoms with E-state index in [0.29, 0.717) is 17.7 Å². The molecule has 0 aromatic heterocycles. The van der Waals surface area contributed by atoms with Crippen LogP contribution in [-0.2, 0) is 0 Å². The third kappa shape index (κ3) is 5.60. The number of halogens is 3. The van der Waals surface area contributed by atoms with E-state index in [-0.39, 0.29) is 28.2 Å². The quantitative estimate of drug-likeness (QED) is 0.142. The van der Waals surface area contributed by atoms with E-state index in [2.05, 4.69) is 0 Å². The number of ether oxygens (including phenoxy) is 2. The molecule has 0 aliphatic heterocycles. The van der Waals surface area contributed by atoms with Crippen LogP contribution in [0.3, 0.4) is 0 Å². The van der Waals surface area contributed by atoms with Gasteiger partial charge >= 0.3 is 5.97 Å². The van der Waals surface area contributed by atoms with Gasteiger partial charge < -0.3 is 9.47 Å². The molecule has 0 bridgehead atoms. The summed E-state index contributed by atoms with van der Waals surface area (Å²) in [5.41, 5.74) is 2.32. The molecular weight excluding hydrogens is 465 g/mol. The lowest BCUT2D eigenvalue weighted by molar-refractivity contribution is 0.0734. The van der Waals surface area contributed by atoms with Crippen molar-refractivity contribution in [1.82, 2.24) is 0 Å². The van der Waals surface area contributed by atoms with Gasteiger partial charge in [0, 0.05) is 11.1 Å². The van der Waals surface area contributed by atoms with Gasteiger partial charge in [-0.05, 0) is 54.8 Å². The number of rotatable bonds is 8. The minimum atomic E-state index is -0.963. The van der Waals surface area contributed by atoms with Gasteiger partial charge in [0.05, 0.1) is 12.2 Å². The number of unbranched alkanes of at least 4 members (excludes halogenated alkanes) is 1. The van der Waals surface area contributed by atoms with Crippen LogP contribution in [0.2, 0.25) is 0 Å². The minimum absolute atomic E-state index is 0.0271. The van der Waals surface area contributed by atoms with Crippen molar-refractivity contribution in [3.05, 3.63) is 107 Å². The van der Waals surface area contributed by atoms with E-state index in [1.807, 2.05) is 26.0 Å². The summed E-state index contributed by atoms with van der Waals surface area (Å²) in [7, 11) is 0. The second kappa shape index (κ2) is 11.1. The second-order valence-corrected chi connectivity index (χ2v) is 8.42. The van der Waals surface area contributed by atoms with Gasteiger partial charge in [-0.2, -0.15) is 0 Å². The molecule has 36 heavy (non-hydrogen) atoms. The highest BCUT2D eigenvalue weighted by atomic mass is 19.2. The van der Waals surface area contributed by atoms with E-state index in [1.54, 1.807) is 12.1 Å². The van der Waals surface area contributed by atoms with Gasteiger partial charge in [0.25, 0.3) is 0 Å². The summed E-state index contributed by atoms with van der Waals surface area (Å²) in [5.74, 6) is -3.04. The zero-order chi connectivity index (χ0) is 25.7. The molecule has 0 aliphatic rings. The zero-order valence-corrected chi connectivity index (χ0v) is 20.0. The van der Waals surface area contributed by atoms with Crippen LogP contribution in [0, 0.1) is 24.4 Å². The van der Waals surface area contributed by atoms with Crippen molar-refractivity contribution in [2.24, 2.45) is 0 Å². The van der Waals surface area contributed by atoms with Crippen LogP contribution in [0.5, 0.6) is 11.5 Å². The van der Waals surface area contributed by atoms with E-state index in [1.165, 1.54) is 48.5 Å². The fraction of sp³-hybridized carbons (Fsp3) is 0.167. The first-order valence-electron chi connectivity index (χ1n) is 11.7. The first-order chi connectivity index (χ1) is 17.4. The van der Waals surface area contributed by atoms with Crippen molar-refractivity contribution in [3.8, 4) is 33.8 Å². The third-order valence-corrected chi connectivity index (χ3v) is 5.74. The largest absolute Gasteiger partial charge is 0.491 e. The van der Waals surface area contributed by atoms with Crippen molar-refractivity contribution in [2.45, 2.75) is 26.7 Å². The van der Waals surface area contributed by atoms with Crippen molar-refractivity contribution in [2.75, 3.05) is 6.61 Å². The summed E-state index contributed by atoms with van der Waals surface area (Å²) in [6, 6.07) is 20.1. The lowest BCUT2D eigenvalue weighted by Gasteiger charge is -2.11. The van der Waals surface area contributed by atoms with E-state index in [9.17, 15) is 18.0 Å². The van der Waals surface area contributed by atoms with Gasteiger partial charge in [-0.15, -0.1) is 0 Å². The summed E-state index contributed by atoms with van der Waals surface area (Å²) in [5, 5.41) is 0. The summed E-state index contributed by atoms with van der Waals surface area (Å²) in [4.78, 5) is 12.4. The van der Waals surface area contributed by atoms with Crippen LogP contribution >= 0.6 is 0 Å². The molecule has 6 heteroatoms. The van der Waals surface area contributed by atoms with Crippen molar-refractivity contribution >= 4 is 5.97 Å². The molecule has 4 aromatic carbocycles. The molecule has 0 radical (unpaired) electrons. The molecule has 0 saturated heterocycles. The van der Waals surface area contributed by atoms with Crippen molar-refractivity contribution in [3.63, 3.8) is 0 Å². The van der Waals surface area contributed by atoms with Gasteiger partial charge in [-0.25, -0.2) is 18.0 Å². The topological polar surface area (TPSA) is 35.5 Å². The highest BCUT2D eigenvalue weighted by Crippen LogP contribution is 2.32. The Morgan fingerprint density at radius 3 is 1.92 bits per heavy atom. The zero-order valence-electron chi connectivity index (χ0n) is 20.0. The van der Waals surface area contributed by atoms with Gasteiger partial charge in [0.2, 0.25) is 0 Å². The molecule has 0 N–H and O–H groups in total. The van der Waals surface area contributed by atoms with Crippen LogP contribution in [0.4, 0.5) is 13.2 Å². The highest BCUT2D eigenvalue weighted by Gasteiger charge is 2.17. The Morgan fingerprint density at radius 2 is 1.36 bits per heavy atom. The second-order valence-electron chi connectivity index (χ2n) is 8.42. The molecule has 0 amide bonds. The van der Waals surface area contributed by atoms with Crippen LogP contribution < -0.4 is 9.47 Å². The summed E-state index contributed by atoms with van der Waals surface area (Å²) >= 11 is 0. The molecule has 0 atom stereocenters. The highest BCUT2D eigenvalue weighted by molar-refractivity contribution is 5.91. The normalized spacial score (nSPS) is 10.8. The Kier molecular flexibility index (Phi) is 7.74. The first-order valence-corrected chi connectivity index (χ1v) is 11.7. The fourth-order valence-electron chi connectivity index (χ4n) is 3.67. The summed E-state index contributed by atoms with van der Waals surface area (Å²) < 4.78 is 54.7. The number of hydrogen-bond donors (Lipinski definition) is 0. The number of hydrogen-bond acceptors (Lipinski definition) is 3. The monoisotopic (exact) mass is 490 g/mol. The van der Waals surface area contributed by atoms with Gasteiger partial charge in [-0.3, -0.25) is 0 Å². The molecule has 4 aromatic rings. The number of carbonyl (C=O) groups is 1. The third-order valence-electron chi connectivity index (χ3n) is 5.74. The molecule has 0 heterocycles. The van der Waals surface area contributed by atoms with Crippen molar-refractivity contribution < 1.29 is 27.4 Å². The Morgan fingerprint density at radius 1 is 0.778 bits per heavy atom. The predicted molar refractivity (Wildman–Crippen MR) is 134 cm³/mol. The maximum Gasteiger partial charge on any atom is 0.343 e. The maximum atomic E-state index is 14.9. The minimum Gasteiger partial charge on any atom is -0.491 e. The van der Waals surface area contributed by atoms with Gasteiger partial charge in [0.15, 0.2) is 23.2 Å². The Hall–Kier alpha value is -4.06. The molecule has 0 fully saturated rings. The number of esters is 1. The standard InChI is InChI=1S/C30H25F3O3/c1-3-4-17-35-27-16-11-22(18-26(27)31)30(34)36-23-12-9-21(10-13-23)25-15-14-24(28(32)29(25)33)20-7-5-19(2)6-8-20/h5-16,18H,3-4,17H2,1-2H3. The molecule has 3 nitrogen and oxygen atoms in total. The SMILES string of the molecule is CCCCOc1ccc(C(=O)Oc2ccc(-c3ccc(-c4ccc(C)cc4)c(F)c3F)cc2)cc1F. The van der Waals surface area contributed by atoms with E-state index >= 15 is 0 Å². The van der Waals surface area contributed by atoms with Gasteiger partial charge in [-0.1, -0.05) is 67.4 Å².